The van der Waals surface area contributed by atoms with Crippen LogP contribution in [0.15, 0.2) is 48.5 Å². The van der Waals surface area contributed by atoms with E-state index < -0.39 is 0 Å². The number of rotatable bonds is 7. The molecule has 0 aliphatic rings. The van der Waals surface area contributed by atoms with E-state index in [-0.39, 0.29) is 6.61 Å². The molecule has 0 spiro atoms. The Balaban J connectivity index is 1.89. The second-order valence-corrected chi connectivity index (χ2v) is 4.83. The molecule has 0 unspecified atom stereocenters. The summed E-state index contributed by atoms with van der Waals surface area (Å²) in [6.07, 6.45) is 1.07. The summed E-state index contributed by atoms with van der Waals surface area (Å²) in [5, 5.41) is 12.0. The van der Waals surface area contributed by atoms with Crippen LogP contribution in [0, 0.1) is 11.3 Å². The average molecular weight is 280 g/mol. The summed E-state index contributed by atoms with van der Waals surface area (Å²) in [7, 11) is 0. The highest BCUT2D eigenvalue weighted by Gasteiger charge is 2.02. The molecule has 3 nitrogen and oxygen atoms in total. The van der Waals surface area contributed by atoms with Gasteiger partial charge >= 0.3 is 0 Å². The SMILES string of the molecule is CCc1ccc(CNCc2ccccc2OCC#N)cc1. The molecule has 0 aliphatic heterocycles. The van der Waals surface area contributed by atoms with Gasteiger partial charge in [0.15, 0.2) is 6.61 Å². The third kappa shape index (κ3) is 4.62. The lowest BCUT2D eigenvalue weighted by molar-refractivity contribution is 0.362. The van der Waals surface area contributed by atoms with Gasteiger partial charge < -0.3 is 10.1 Å². The fourth-order valence-electron chi connectivity index (χ4n) is 2.14. The van der Waals surface area contributed by atoms with E-state index in [0.29, 0.717) is 0 Å². The van der Waals surface area contributed by atoms with Crippen molar-refractivity contribution in [1.29, 1.82) is 5.26 Å². The van der Waals surface area contributed by atoms with Gasteiger partial charge in [0.2, 0.25) is 0 Å². The first kappa shape index (κ1) is 15.1. The predicted molar refractivity (Wildman–Crippen MR) is 83.9 cm³/mol. The molecular formula is C18H20N2O. The van der Waals surface area contributed by atoms with Gasteiger partial charge in [-0.15, -0.1) is 0 Å². The van der Waals surface area contributed by atoms with Crippen LogP contribution in [0.3, 0.4) is 0 Å². The van der Waals surface area contributed by atoms with Crippen LogP contribution in [0.5, 0.6) is 5.75 Å². The standard InChI is InChI=1S/C18H20N2O/c1-2-15-7-9-16(10-8-15)13-20-14-17-5-3-4-6-18(17)21-12-11-19/h3-10,20H,2,12-14H2,1H3. The van der Waals surface area contributed by atoms with Gasteiger partial charge in [-0.1, -0.05) is 49.4 Å². The van der Waals surface area contributed by atoms with Crippen molar-refractivity contribution in [1.82, 2.24) is 5.32 Å². The zero-order valence-electron chi connectivity index (χ0n) is 12.3. The molecule has 2 aromatic rings. The number of hydrogen-bond acceptors (Lipinski definition) is 3. The molecular weight excluding hydrogens is 260 g/mol. The molecule has 0 radical (unpaired) electrons. The second kappa shape index (κ2) is 8.08. The van der Waals surface area contributed by atoms with Crippen LogP contribution in [-0.2, 0) is 19.5 Å². The van der Waals surface area contributed by atoms with Crippen LogP contribution in [0.1, 0.15) is 23.6 Å². The minimum Gasteiger partial charge on any atom is -0.478 e. The molecule has 0 atom stereocenters. The van der Waals surface area contributed by atoms with Crippen LogP contribution in [0.2, 0.25) is 0 Å². The number of ether oxygens (including phenoxy) is 1. The van der Waals surface area contributed by atoms with Crippen molar-refractivity contribution in [3.05, 3.63) is 65.2 Å². The van der Waals surface area contributed by atoms with Crippen molar-refractivity contribution in [2.75, 3.05) is 6.61 Å². The highest BCUT2D eigenvalue weighted by molar-refractivity contribution is 5.33. The maximum atomic E-state index is 8.60. The molecule has 0 bridgehead atoms. The van der Waals surface area contributed by atoms with Crippen molar-refractivity contribution in [2.24, 2.45) is 0 Å². The molecule has 0 heterocycles. The minimum absolute atomic E-state index is 0.0789. The van der Waals surface area contributed by atoms with E-state index in [9.17, 15) is 0 Å². The molecule has 0 saturated heterocycles. The number of benzene rings is 2. The summed E-state index contributed by atoms with van der Waals surface area (Å²) in [4.78, 5) is 0. The maximum absolute atomic E-state index is 8.60. The van der Waals surface area contributed by atoms with Crippen LogP contribution >= 0.6 is 0 Å². The molecule has 1 N–H and O–H groups in total. The molecule has 108 valence electrons. The van der Waals surface area contributed by atoms with Gasteiger partial charge in [-0.25, -0.2) is 0 Å². The third-order valence-corrected chi connectivity index (χ3v) is 3.34. The smallest absolute Gasteiger partial charge is 0.174 e. The Labute approximate surface area is 126 Å². The van der Waals surface area contributed by atoms with E-state index in [2.05, 4.69) is 36.5 Å². The Kier molecular flexibility index (Phi) is 5.81. The quantitative estimate of drug-likeness (QED) is 0.845. The fraction of sp³-hybridized carbons (Fsp3) is 0.278. The highest BCUT2D eigenvalue weighted by atomic mass is 16.5. The monoisotopic (exact) mass is 280 g/mol. The topological polar surface area (TPSA) is 45.0 Å². The summed E-state index contributed by atoms with van der Waals surface area (Å²) >= 11 is 0. The first-order valence-electron chi connectivity index (χ1n) is 7.19. The number of nitrogens with one attached hydrogen (secondary N) is 1. The number of nitrogens with zero attached hydrogens (tertiary/aromatic N) is 1. The van der Waals surface area contributed by atoms with E-state index in [1.807, 2.05) is 30.3 Å². The molecule has 0 aliphatic carbocycles. The largest absolute Gasteiger partial charge is 0.478 e. The van der Waals surface area contributed by atoms with Gasteiger partial charge in [0.25, 0.3) is 0 Å². The zero-order valence-corrected chi connectivity index (χ0v) is 12.3. The molecule has 3 heteroatoms. The van der Waals surface area contributed by atoms with Crippen LogP contribution in [-0.4, -0.2) is 6.61 Å². The minimum atomic E-state index is 0.0789. The lowest BCUT2D eigenvalue weighted by Gasteiger charge is -2.10. The Morgan fingerprint density at radius 2 is 1.71 bits per heavy atom. The Morgan fingerprint density at radius 1 is 1.00 bits per heavy atom. The Morgan fingerprint density at radius 3 is 2.43 bits per heavy atom. The molecule has 21 heavy (non-hydrogen) atoms. The molecule has 0 aromatic heterocycles. The van der Waals surface area contributed by atoms with Gasteiger partial charge in [0.05, 0.1) is 0 Å². The van der Waals surface area contributed by atoms with Crippen molar-refractivity contribution < 1.29 is 4.74 Å². The zero-order chi connectivity index (χ0) is 14.9. The average Bonchev–Trinajstić information content (AvgIpc) is 2.54. The predicted octanol–water partition coefficient (Wildman–Crippen LogP) is 3.44. The number of para-hydroxylation sites is 1. The first-order valence-corrected chi connectivity index (χ1v) is 7.19. The molecule has 0 amide bonds. The summed E-state index contributed by atoms with van der Waals surface area (Å²) in [5.74, 6) is 0.771. The summed E-state index contributed by atoms with van der Waals surface area (Å²) < 4.78 is 5.42. The second-order valence-electron chi connectivity index (χ2n) is 4.83. The van der Waals surface area contributed by atoms with Gasteiger partial charge in [-0.3, -0.25) is 0 Å². The Bertz CT molecular complexity index is 599. The normalized spacial score (nSPS) is 10.1. The van der Waals surface area contributed by atoms with Crippen molar-refractivity contribution in [3.8, 4) is 11.8 Å². The van der Waals surface area contributed by atoms with E-state index in [1.165, 1.54) is 11.1 Å². The first-order chi connectivity index (χ1) is 10.3. The lowest BCUT2D eigenvalue weighted by atomic mass is 10.1. The highest BCUT2D eigenvalue weighted by Crippen LogP contribution is 2.17. The molecule has 2 rings (SSSR count). The number of aryl methyl sites for hydroxylation is 1. The lowest BCUT2D eigenvalue weighted by Crippen LogP contribution is -2.13. The van der Waals surface area contributed by atoms with E-state index in [1.54, 1.807) is 0 Å². The third-order valence-electron chi connectivity index (χ3n) is 3.34. The van der Waals surface area contributed by atoms with Crippen LogP contribution < -0.4 is 10.1 Å². The van der Waals surface area contributed by atoms with Gasteiger partial charge in [0, 0.05) is 18.7 Å². The molecule has 2 aromatic carbocycles. The van der Waals surface area contributed by atoms with E-state index >= 15 is 0 Å². The van der Waals surface area contributed by atoms with Crippen molar-refractivity contribution in [2.45, 2.75) is 26.4 Å². The van der Waals surface area contributed by atoms with Crippen LogP contribution in [0.4, 0.5) is 0 Å². The van der Waals surface area contributed by atoms with Crippen molar-refractivity contribution in [3.63, 3.8) is 0 Å². The van der Waals surface area contributed by atoms with Crippen LogP contribution in [0.25, 0.3) is 0 Å². The van der Waals surface area contributed by atoms with Gasteiger partial charge in [-0.2, -0.15) is 5.26 Å². The van der Waals surface area contributed by atoms with Gasteiger partial charge in [-0.05, 0) is 23.6 Å². The molecule has 0 saturated carbocycles. The summed E-state index contributed by atoms with van der Waals surface area (Å²) in [6, 6.07) is 18.4. The van der Waals surface area contributed by atoms with Gasteiger partial charge in [0.1, 0.15) is 11.8 Å². The number of nitriles is 1. The molecule has 0 fully saturated rings. The van der Waals surface area contributed by atoms with E-state index in [4.69, 9.17) is 10.00 Å². The maximum Gasteiger partial charge on any atom is 0.174 e. The van der Waals surface area contributed by atoms with E-state index in [0.717, 1.165) is 30.8 Å². The van der Waals surface area contributed by atoms with Crippen molar-refractivity contribution >= 4 is 0 Å². The summed E-state index contributed by atoms with van der Waals surface area (Å²) in [6.45, 7) is 3.77. The number of hydrogen-bond donors (Lipinski definition) is 1. The fourth-order valence-corrected chi connectivity index (χ4v) is 2.14. The Hall–Kier alpha value is -2.31. The summed E-state index contributed by atoms with van der Waals surface area (Å²) in [5.41, 5.74) is 3.69.